The van der Waals surface area contributed by atoms with E-state index in [1.807, 2.05) is 32.0 Å². The van der Waals surface area contributed by atoms with E-state index in [1.165, 1.54) is 11.5 Å². The Morgan fingerprint density at radius 2 is 2.22 bits per heavy atom. The van der Waals surface area contributed by atoms with E-state index in [2.05, 4.69) is 19.7 Å². The highest BCUT2D eigenvalue weighted by Gasteiger charge is 2.14. The number of nitrogens with zero attached hydrogens (tertiary/aromatic N) is 3. The van der Waals surface area contributed by atoms with Crippen LogP contribution >= 0.6 is 11.5 Å². The highest BCUT2D eigenvalue weighted by Crippen LogP contribution is 2.21. The first kappa shape index (κ1) is 12.9. The predicted molar refractivity (Wildman–Crippen MR) is 71.7 cm³/mol. The van der Waals surface area contributed by atoms with Gasteiger partial charge in [0.1, 0.15) is 5.82 Å². The average molecular weight is 264 g/mol. The van der Waals surface area contributed by atoms with Gasteiger partial charge in [-0.05, 0) is 12.1 Å². The molecule has 0 aromatic carbocycles. The number of aliphatic hydroxyl groups excluding tert-OH is 1. The van der Waals surface area contributed by atoms with E-state index in [0.29, 0.717) is 11.0 Å². The second-order valence-corrected chi connectivity index (χ2v) is 5.00. The molecule has 0 saturated heterocycles. The van der Waals surface area contributed by atoms with Gasteiger partial charge < -0.3 is 10.4 Å². The van der Waals surface area contributed by atoms with E-state index >= 15 is 0 Å². The van der Waals surface area contributed by atoms with Crippen molar-refractivity contribution in [2.45, 2.75) is 25.8 Å². The molecule has 0 saturated carbocycles. The molecule has 0 aliphatic heterocycles. The third kappa shape index (κ3) is 3.02. The minimum Gasteiger partial charge on any atom is -0.394 e. The number of hydrogen-bond acceptors (Lipinski definition) is 6. The van der Waals surface area contributed by atoms with Crippen LogP contribution in [0.4, 0.5) is 5.13 Å². The Kier molecular flexibility index (Phi) is 4.22. The fourth-order valence-corrected chi connectivity index (χ4v) is 2.23. The van der Waals surface area contributed by atoms with Gasteiger partial charge in [-0.3, -0.25) is 4.98 Å². The van der Waals surface area contributed by atoms with Gasteiger partial charge in [0, 0.05) is 23.6 Å². The van der Waals surface area contributed by atoms with Crippen molar-refractivity contribution < 1.29 is 5.11 Å². The molecule has 0 aliphatic carbocycles. The van der Waals surface area contributed by atoms with Gasteiger partial charge in [-0.15, -0.1) is 0 Å². The first-order chi connectivity index (χ1) is 8.70. The van der Waals surface area contributed by atoms with Gasteiger partial charge in [-0.2, -0.15) is 4.37 Å². The smallest absolute Gasteiger partial charge is 0.203 e. The lowest BCUT2D eigenvalue weighted by atomic mass is 10.2. The van der Waals surface area contributed by atoms with E-state index in [-0.39, 0.29) is 12.6 Å². The molecule has 1 unspecified atom stereocenters. The number of aliphatic hydroxyl groups is 1. The molecule has 0 radical (unpaired) electrons. The maximum Gasteiger partial charge on any atom is 0.203 e. The first-order valence-electron chi connectivity index (χ1n) is 5.82. The van der Waals surface area contributed by atoms with Crippen LogP contribution in [0, 0.1) is 0 Å². The van der Waals surface area contributed by atoms with Gasteiger partial charge in [-0.1, -0.05) is 19.9 Å². The largest absolute Gasteiger partial charge is 0.394 e. The Morgan fingerprint density at radius 3 is 2.78 bits per heavy atom. The predicted octanol–water partition coefficient (Wildman–Crippen LogP) is 2.20. The summed E-state index contributed by atoms with van der Waals surface area (Å²) >= 11 is 1.31. The van der Waals surface area contributed by atoms with Crippen LogP contribution in [-0.4, -0.2) is 26.1 Å². The topological polar surface area (TPSA) is 70.9 Å². The Morgan fingerprint density at radius 1 is 1.39 bits per heavy atom. The summed E-state index contributed by atoms with van der Waals surface area (Å²) < 4.78 is 4.26. The van der Waals surface area contributed by atoms with Gasteiger partial charge in [0.15, 0.2) is 0 Å². The standard InChI is InChI=1S/C12H16N4OS/c1-8(2)11-15-12(18-16-11)14-10(7-17)9-5-3-4-6-13-9/h3-6,8,10,17H,7H2,1-2H3,(H,14,15,16). The van der Waals surface area contributed by atoms with Crippen LogP contribution in [0.2, 0.25) is 0 Å². The Labute approximate surface area is 110 Å². The number of aromatic nitrogens is 3. The van der Waals surface area contributed by atoms with Crippen molar-refractivity contribution in [3.05, 3.63) is 35.9 Å². The molecule has 5 nitrogen and oxygen atoms in total. The summed E-state index contributed by atoms with van der Waals surface area (Å²) in [6, 6.07) is 5.36. The number of anilines is 1. The molecule has 0 spiro atoms. The summed E-state index contributed by atoms with van der Waals surface area (Å²) in [5.74, 6) is 1.12. The van der Waals surface area contributed by atoms with Gasteiger partial charge in [0.25, 0.3) is 0 Å². The quantitative estimate of drug-likeness (QED) is 0.866. The van der Waals surface area contributed by atoms with Crippen molar-refractivity contribution in [2.75, 3.05) is 11.9 Å². The maximum absolute atomic E-state index is 9.41. The third-order valence-corrected chi connectivity index (χ3v) is 3.14. The fourth-order valence-electron chi connectivity index (χ4n) is 1.47. The van der Waals surface area contributed by atoms with Crippen LogP contribution in [0.25, 0.3) is 0 Å². The maximum atomic E-state index is 9.41. The van der Waals surface area contributed by atoms with E-state index in [9.17, 15) is 5.11 Å². The van der Waals surface area contributed by atoms with Crippen LogP contribution in [0.5, 0.6) is 0 Å². The molecule has 2 aromatic heterocycles. The van der Waals surface area contributed by atoms with Crippen LogP contribution < -0.4 is 5.32 Å². The molecule has 2 rings (SSSR count). The summed E-state index contributed by atoms with van der Waals surface area (Å²) in [5, 5.41) is 13.3. The summed E-state index contributed by atoms with van der Waals surface area (Å²) in [6.07, 6.45) is 1.71. The highest BCUT2D eigenvalue weighted by atomic mass is 32.1. The van der Waals surface area contributed by atoms with E-state index in [4.69, 9.17) is 0 Å². The molecule has 2 N–H and O–H groups in total. The minimum atomic E-state index is -0.251. The molecule has 1 atom stereocenters. The zero-order valence-corrected chi connectivity index (χ0v) is 11.2. The van der Waals surface area contributed by atoms with E-state index < -0.39 is 0 Å². The van der Waals surface area contributed by atoms with Crippen molar-refractivity contribution in [3.8, 4) is 0 Å². The highest BCUT2D eigenvalue weighted by molar-refractivity contribution is 7.09. The lowest BCUT2D eigenvalue weighted by Gasteiger charge is -2.14. The molecule has 0 fully saturated rings. The number of pyridine rings is 1. The molecule has 0 aliphatic rings. The molecule has 0 bridgehead atoms. The lowest BCUT2D eigenvalue weighted by Crippen LogP contribution is -2.16. The molecule has 2 heterocycles. The van der Waals surface area contributed by atoms with Gasteiger partial charge in [0.05, 0.1) is 18.3 Å². The molecule has 0 amide bonds. The first-order valence-corrected chi connectivity index (χ1v) is 6.60. The monoisotopic (exact) mass is 264 g/mol. The molecule has 18 heavy (non-hydrogen) atoms. The van der Waals surface area contributed by atoms with Crippen LogP contribution in [0.3, 0.4) is 0 Å². The van der Waals surface area contributed by atoms with Crippen molar-refractivity contribution in [1.29, 1.82) is 0 Å². The van der Waals surface area contributed by atoms with Gasteiger partial charge >= 0.3 is 0 Å². The summed E-state index contributed by atoms with van der Waals surface area (Å²) in [6.45, 7) is 4.07. The normalized spacial score (nSPS) is 12.7. The Balaban J connectivity index is 2.10. The van der Waals surface area contributed by atoms with Crippen molar-refractivity contribution in [1.82, 2.24) is 14.3 Å². The van der Waals surface area contributed by atoms with Crippen molar-refractivity contribution in [3.63, 3.8) is 0 Å². The molecular weight excluding hydrogens is 248 g/mol. The molecule has 6 heteroatoms. The summed E-state index contributed by atoms with van der Waals surface area (Å²) in [7, 11) is 0. The summed E-state index contributed by atoms with van der Waals surface area (Å²) in [5.41, 5.74) is 0.793. The molecular formula is C12H16N4OS. The molecule has 96 valence electrons. The van der Waals surface area contributed by atoms with E-state index in [0.717, 1.165) is 11.5 Å². The fraction of sp³-hybridized carbons (Fsp3) is 0.417. The Bertz CT molecular complexity index is 486. The summed E-state index contributed by atoms with van der Waals surface area (Å²) in [4.78, 5) is 8.60. The third-order valence-electron chi connectivity index (χ3n) is 2.48. The number of hydrogen-bond donors (Lipinski definition) is 2. The number of rotatable bonds is 5. The minimum absolute atomic E-state index is 0.0341. The second kappa shape index (κ2) is 5.88. The van der Waals surface area contributed by atoms with Gasteiger partial charge in [0.2, 0.25) is 5.13 Å². The molecule has 2 aromatic rings. The van der Waals surface area contributed by atoms with Gasteiger partial charge in [-0.25, -0.2) is 4.98 Å². The van der Waals surface area contributed by atoms with Crippen LogP contribution in [-0.2, 0) is 0 Å². The second-order valence-electron chi connectivity index (χ2n) is 4.25. The zero-order chi connectivity index (χ0) is 13.0. The SMILES string of the molecule is CC(C)c1nsc(NC(CO)c2ccccn2)n1. The number of nitrogens with one attached hydrogen (secondary N) is 1. The zero-order valence-electron chi connectivity index (χ0n) is 10.4. The van der Waals surface area contributed by atoms with Crippen molar-refractivity contribution in [2.24, 2.45) is 0 Å². The van der Waals surface area contributed by atoms with Crippen LogP contribution in [0.1, 0.15) is 37.3 Å². The Hall–Kier alpha value is -1.53. The van der Waals surface area contributed by atoms with E-state index in [1.54, 1.807) is 6.20 Å². The van der Waals surface area contributed by atoms with Crippen LogP contribution in [0.15, 0.2) is 24.4 Å². The average Bonchev–Trinajstić information content (AvgIpc) is 2.86. The lowest BCUT2D eigenvalue weighted by molar-refractivity contribution is 0.274. The van der Waals surface area contributed by atoms with Crippen molar-refractivity contribution >= 4 is 16.7 Å².